The van der Waals surface area contributed by atoms with Crippen molar-refractivity contribution >= 4 is 11.9 Å². The van der Waals surface area contributed by atoms with Gasteiger partial charge in [0, 0.05) is 7.05 Å². The number of likely N-dealkylation sites (N-methyl/N-ethyl adjacent to an activating group) is 1. The van der Waals surface area contributed by atoms with Crippen LogP contribution in [0.15, 0.2) is 0 Å². The summed E-state index contributed by atoms with van der Waals surface area (Å²) in [6.45, 7) is 5.77. The summed E-state index contributed by atoms with van der Waals surface area (Å²) in [4.78, 5) is 25.4. The number of nitrogens with two attached hydrogens (primary N) is 1. The maximum atomic E-state index is 12.6. The average molecular weight is 284 g/mol. The molecule has 1 aliphatic carbocycles. The molecule has 20 heavy (non-hydrogen) atoms. The highest BCUT2D eigenvalue weighted by molar-refractivity contribution is 5.83. The lowest BCUT2D eigenvalue weighted by Gasteiger charge is -2.45. The molecule has 0 radical (unpaired) electrons. The lowest BCUT2D eigenvalue weighted by Crippen LogP contribution is -2.58. The molecule has 116 valence electrons. The Labute approximate surface area is 121 Å². The summed E-state index contributed by atoms with van der Waals surface area (Å²) in [5.74, 6) is -1.00. The molecule has 3 N–H and O–H groups in total. The highest BCUT2D eigenvalue weighted by atomic mass is 16.4. The molecule has 1 amide bonds. The molecular formula is C15H28N2O3. The maximum Gasteiger partial charge on any atom is 0.305 e. The second kappa shape index (κ2) is 6.12. The van der Waals surface area contributed by atoms with Crippen LogP contribution in [0.4, 0.5) is 0 Å². The van der Waals surface area contributed by atoms with Gasteiger partial charge in [-0.25, -0.2) is 0 Å². The van der Waals surface area contributed by atoms with E-state index in [2.05, 4.69) is 0 Å². The van der Waals surface area contributed by atoms with E-state index < -0.39 is 17.6 Å². The van der Waals surface area contributed by atoms with Gasteiger partial charge in [0.25, 0.3) is 0 Å². The van der Waals surface area contributed by atoms with E-state index in [9.17, 15) is 14.7 Å². The van der Waals surface area contributed by atoms with Gasteiger partial charge < -0.3 is 15.7 Å². The van der Waals surface area contributed by atoms with Gasteiger partial charge in [-0.2, -0.15) is 0 Å². The first kappa shape index (κ1) is 17.0. The van der Waals surface area contributed by atoms with Gasteiger partial charge in [0.05, 0.1) is 18.0 Å². The molecule has 0 aromatic heterocycles. The third kappa shape index (κ3) is 3.72. The monoisotopic (exact) mass is 284 g/mol. The predicted octanol–water partition coefficient (Wildman–Crippen LogP) is 2.00. The second-order valence-corrected chi connectivity index (χ2v) is 7.10. The third-order valence-electron chi connectivity index (χ3n) is 4.51. The van der Waals surface area contributed by atoms with Gasteiger partial charge in [-0.3, -0.25) is 9.59 Å². The lowest BCUT2D eigenvalue weighted by atomic mass is 9.77. The Morgan fingerprint density at radius 1 is 1.25 bits per heavy atom. The number of carbonyl (C=O) groups is 2. The van der Waals surface area contributed by atoms with Gasteiger partial charge in [-0.05, 0) is 18.3 Å². The van der Waals surface area contributed by atoms with Crippen LogP contribution >= 0.6 is 0 Å². The van der Waals surface area contributed by atoms with E-state index in [1.54, 1.807) is 11.9 Å². The van der Waals surface area contributed by atoms with Gasteiger partial charge in [0.2, 0.25) is 5.91 Å². The summed E-state index contributed by atoms with van der Waals surface area (Å²) in [5.41, 5.74) is 5.16. The van der Waals surface area contributed by atoms with Crippen molar-refractivity contribution in [3.63, 3.8) is 0 Å². The highest BCUT2D eigenvalue weighted by Crippen LogP contribution is 2.37. The number of carbonyl (C=O) groups excluding carboxylic acids is 1. The lowest BCUT2D eigenvalue weighted by molar-refractivity contribution is -0.147. The van der Waals surface area contributed by atoms with Gasteiger partial charge in [-0.1, -0.05) is 40.0 Å². The van der Waals surface area contributed by atoms with Gasteiger partial charge >= 0.3 is 5.97 Å². The molecule has 1 saturated carbocycles. The van der Waals surface area contributed by atoms with Gasteiger partial charge in [0.1, 0.15) is 0 Å². The summed E-state index contributed by atoms with van der Waals surface area (Å²) in [5, 5.41) is 9.19. The minimum atomic E-state index is -0.851. The molecule has 0 bridgehead atoms. The Bertz CT molecular complexity index is 368. The number of amides is 1. The molecule has 1 atom stereocenters. The topological polar surface area (TPSA) is 83.6 Å². The molecule has 0 spiro atoms. The van der Waals surface area contributed by atoms with E-state index in [4.69, 9.17) is 5.73 Å². The molecule has 0 aromatic rings. The SMILES string of the molecule is CN(C(=O)[C@@H](N)C(C)(C)C)C1(CC(=O)O)CCCCC1. The number of carboxylic acid groups (broad SMARTS) is 1. The van der Waals surface area contributed by atoms with E-state index in [0.717, 1.165) is 32.1 Å². The van der Waals surface area contributed by atoms with Gasteiger partial charge in [0.15, 0.2) is 0 Å². The third-order valence-corrected chi connectivity index (χ3v) is 4.51. The van der Waals surface area contributed by atoms with Crippen LogP contribution in [-0.4, -0.2) is 40.5 Å². The number of rotatable bonds is 4. The minimum Gasteiger partial charge on any atom is -0.481 e. The number of nitrogens with zero attached hydrogens (tertiary/aromatic N) is 1. The molecule has 5 nitrogen and oxygen atoms in total. The molecule has 0 heterocycles. The molecule has 0 saturated heterocycles. The molecule has 0 unspecified atom stereocenters. The number of hydrogen-bond acceptors (Lipinski definition) is 3. The molecular weight excluding hydrogens is 256 g/mol. The Hall–Kier alpha value is -1.10. The van der Waals surface area contributed by atoms with E-state index >= 15 is 0 Å². The van der Waals surface area contributed by atoms with Crippen LogP contribution in [0.3, 0.4) is 0 Å². The summed E-state index contributed by atoms with van der Waals surface area (Å²) in [6.07, 6.45) is 4.54. The first-order chi connectivity index (χ1) is 9.10. The second-order valence-electron chi connectivity index (χ2n) is 7.10. The van der Waals surface area contributed by atoms with Crippen molar-refractivity contribution in [3.05, 3.63) is 0 Å². The van der Waals surface area contributed by atoms with Crippen LogP contribution in [0.1, 0.15) is 59.3 Å². The highest BCUT2D eigenvalue weighted by Gasteiger charge is 2.43. The van der Waals surface area contributed by atoms with Crippen LogP contribution in [0.2, 0.25) is 0 Å². The molecule has 0 aliphatic heterocycles. The molecule has 0 aromatic carbocycles. The number of hydrogen-bond donors (Lipinski definition) is 2. The minimum absolute atomic E-state index is 0.00605. The summed E-state index contributed by atoms with van der Waals surface area (Å²) in [6, 6.07) is -0.611. The van der Waals surface area contributed by atoms with Crippen molar-refractivity contribution in [1.82, 2.24) is 4.90 Å². The van der Waals surface area contributed by atoms with Crippen LogP contribution in [-0.2, 0) is 9.59 Å². The Kier molecular flexibility index (Phi) is 5.19. The van der Waals surface area contributed by atoms with Crippen molar-refractivity contribution in [2.75, 3.05) is 7.05 Å². The van der Waals surface area contributed by atoms with Crippen molar-refractivity contribution in [2.24, 2.45) is 11.1 Å². The predicted molar refractivity (Wildman–Crippen MR) is 78.3 cm³/mol. The maximum absolute atomic E-state index is 12.6. The summed E-state index contributed by atoms with van der Waals surface area (Å²) < 4.78 is 0. The van der Waals surface area contributed by atoms with Crippen molar-refractivity contribution < 1.29 is 14.7 Å². The Balaban J connectivity index is 2.96. The number of aliphatic carboxylic acids is 1. The fraction of sp³-hybridized carbons (Fsp3) is 0.867. The zero-order valence-corrected chi connectivity index (χ0v) is 13.1. The molecule has 1 aliphatic rings. The molecule has 1 rings (SSSR count). The fourth-order valence-corrected chi connectivity index (χ4v) is 2.93. The smallest absolute Gasteiger partial charge is 0.305 e. The van der Waals surface area contributed by atoms with E-state index in [1.807, 2.05) is 20.8 Å². The van der Waals surface area contributed by atoms with Crippen molar-refractivity contribution in [2.45, 2.75) is 70.9 Å². The Morgan fingerprint density at radius 3 is 2.15 bits per heavy atom. The first-order valence-corrected chi connectivity index (χ1v) is 7.35. The average Bonchev–Trinajstić information content (AvgIpc) is 2.35. The normalized spacial score (nSPS) is 20.2. The van der Waals surface area contributed by atoms with Crippen molar-refractivity contribution in [1.29, 1.82) is 0 Å². The fourth-order valence-electron chi connectivity index (χ4n) is 2.93. The molecule has 1 fully saturated rings. The van der Waals surface area contributed by atoms with Gasteiger partial charge in [-0.15, -0.1) is 0 Å². The molecule has 5 heteroatoms. The van der Waals surface area contributed by atoms with Crippen molar-refractivity contribution in [3.8, 4) is 0 Å². The van der Waals surface area contributed by atoms with Crippen LogP contribution in [0.5, 0.6) is 0 Å². The summed E-state index contributed by atoms with van der Waals surface area (Å²) >= 11 is 0. The van der Waals surface area contributed by atoms with Crippen LogP contribution in [0.25, 0.3) is 0 Å². The largest absolute Gasteiger partial charge is 0.481 e. The standard InChI is InChI=1S/C15H28N2O3/c1-14(2,3)12(16)13(20)17(4)15(10-11(18)19)8-6-5-7-9-15/h12H,5-10,16H2,1-4H3,(H,18,19)/t12-/m1/s1. The zero-order chi connectivity index (χ0) is 15.6. The zero-order valence-electron chi connectivity index (χ0n) is 13.1. The first-order valence-electron chi connectivity index (χ1n) is 7.35. The quantitative estimate of drug-likeness (QED) is 0.827. The summed E-state index contributed by atoms with van der Waals surface area (Å²) in [7, 11) is 1.71. The van der Waals surface area contributed by atoms with E-state index in [1.165, 1.54) is 0 Å². The van der Waals surface area contributed by atoms with Crippen LogP contribution in [0, 0.1) is 5.41 Å². The Morgan fingerprint density at radius 2 is 1.75 bits per heavy atom. The van der Waals surface area contributed by atoms with Crippen LogP contribution < -0.4 is 5.73 Å². The van der Waals surface area contributed by atoms with E-state index in [-0.39, 0.29) is 17.7 Å². The van der Waals surface area contributed by atoms with E-state index in [0.29, 0.717) is 0 Å². The number of carboxylic acids is 1.